The van der Waals surface area contributed by atoms with Crippen LogP contribution in [0.2, 0.25) is 0 Å². The van der Waals surface area contributed by atoms with Gasteiger partial charge in [-0.25, -0.2) is 0 Å². The molecule has 0 fully saturated rings. The van der Waals surface area contributed by atoms with Gasteiger partial charge in [-0.3, -0.25) is 0 Å². The fourth-order valence-corrected chi connectivity index (χ4v) is 1.26. The first kappa shape index (κ1) is 9.51. The highest BCUT2D eigenvalue weighted by Gasteiger charge is 2.01. The molecule has 0 aliphatic rings. The molecular weight excluding hydrogens is 192 g/mol. The SMILES string of the molecule is CCOc1cccc(-n2ncc(N)n2)c1. The highest BCUT2D eigenvalue weighted by Crippen LogP contribution is 2.15. The number of hydrogen-bond acceptors (Lipinski definition) is 4. The third-order valence-corrected chi connectivity index (χ3v) is 1.87. The van der Waals surface area contributed by atoms with E-state index in [0.717, 1.165) is 11.4 Å². The summed E-state index contributed by atoms with van der Waals surface area (Å²) in [7, 11) is 0. The summed E-state index contributed by atoms with van der Waals surface area (Å²) in [6, 6.07) is 7.53. The van der Waals surface area contributed by atoms with Gasteiger partial charge in [-0.05, 0) is 19.1 Å². The fourth-order valence-electron chi connectivity index (χ4n) is 1.26. The summed E-state index contributed by atoms with van der Waals surface area (Å²) in [6.45, 7) is 2.58. The van der Waals surface area contributed by atoms with Crippen LogP contribution in [0.4, 0.5) is 5.82 Å². The number of hydrogen-bond donors (Lipinski definition) is 1. The maximum atomic E-state index is 5.49. The molecule has 0 aliphatic carbocycles. The molecule has 0 atom stereocenters. The molecule has 0 unspecified atom stereocenters. The Hall–Kier alpha value is -2.04. The van der Waals surface area contributed by atoms with Crippen molar-refractivity contribution in [3.05, 3.63) is 30.5 Å². The lowest BCUT2D eigenvalue weighted by Gasteiger charge is -2.04. The summed E-state index contributed by atoms with van der Waals surface area (Å²) in [5.74, 6) is 1.20. The second-order valence-corrected chi connectivity index (χ2v) is 2.99. The van der Waals surface area contributed by atoms with E-state index in [1.54, 1.807) is 0 Å². The number of nitrogens with two attached hydrogens (primary N) is 1. The number of anilines is 1. The maximum absolute atomic E-state index is 5.49. The van der Waals surface area contributed by atoms with Crippen LogP contribution in [0.25, 0.3) is 5.69 Å². The van der Waals surface area contributed by atoms with Gasteiger partial charge in [0, 0.05) is 6.07 Å². The first-order valence-electron chi connectivity index (χ1n) is 4.70. The van der Waals surface area contributed by atoms with E-state index >= 15 is 0 Å². The molecule has 1 aromatic carbocycles. The summed E-state index contributed by atoms with van der Waals surface area (Å²) >= 11 is 0. The second-order valence-electron chi connectivity index (χ2n) is 2.99. The van der Waals surface area contributed by atoms with Gasteiger partial charge in [-0.15, -0.1) is 9.90 Å². The molecule has 2 N–H and O–H groups in total. The molecule has 0 spiro atoms. The zero-order valence-corrected chi connectivity index (χ0v) is 8.42. The van der Waals surface area contributed by atoms with Gasteiger partial charge < -0.3 is 10.5 Å². The average molecular weight is 204 g/mol. The largest absolute Gasteiger partial charge is 0.494 e. The lowest BCUT2D eigenvalue weighted by molar-refractivity contribution is 0.340. The van der Waals surface area contributed by atoms with E-state index < -0.39 is 0 Å². The van der Waals surface area contributed by atoms with Crippen LogP contribution in [0.5, 0.6) is 5.75 Å². The summed E-state index contributed by atoms with van der Waals surface area (Å²) in [5.41, 5.74) is 6.32. The number of benzene rings is 1. The lowest BCUT2D eigenvalue weighted by atomic mass is 10.3. The Labute approximate surface area is 87.5 Å². The van der Waals surface area contributed by atoms with Crippen molar-refractivity contribution in [1.29, 1.82) is 0 Å². The van der Waals surface area contributed by atoms with Gasteiger partial charge in [-0.1, -0.05) is 6.07 Å². The van der Waals surface area contributed by atoms with Gasteiger partial charge in [0.1, 0.15) is 5.75 Å². The number of nitrogen functional groups attached to an aromatic ring is 1. The number of rotatable bonds is 3. The molecule has 1 aromatic heterocycles. The maximum Gasteiger partial charge on any atom is 0.166 e. The fraction of sp³-hybridized carbons (Fsp3) is 0.200. The minimum Gasteiger partial charge on any atom is -0.494 e. The third-order valence-electron chi connectivity index (χ3n) is 1.87. The van der Waals surface area contributed by atoms with Crippen LogP contribution in [-0.2, 0) is 0 Å². The Kier molecular flexibility index (Phi) is 2.53. The van der Waals surface area contributed by atoms with Crippen molar-refractivity contribution in [2.75, 3.05) is 12.3 Å². The molecular formula is C10H12N4O. The minimum atomic E-state index is 0.400. The summed E-state index contributed by atoms with van der Waals surface area (Å²) in [4.78, 5) is 1.47. The van der Waals surface area contributed by atoms with Gasteiger partial charge in [-0.2, -0.15) is 5.10 Å². The molecule has 1 heterocycles. The number of nitrogens with zero attached hydrogens (tertiary/aromatic N) is 3. The Bertz CT molecular complexity index is 452. The second kappa shape index (κ2) is 4.00. The minimum absolute atomic E-state index is 0.400. The van der Waals surface area contributed by atoms with Crippen molar-refractivity contribution < 1.29 is 4.74 Å². The molecule has 0 bridgehead atoms. The number of ether oxygens (including phenoxy) is 1. The summed E-state index contributed by atoms with van der Waals surface area (Å²) in [6.07, 6.45) is 1.51. The predicted molar refractivity (Wildman–Crippen MR) is 56.9 cm³/mol. The van der Waals surface area contributed by atoms with Crippen molar-refractivity contribution >= 4 is 5.82 Å². The first-order valence-corrected chi connectivity index (χ1v) is 4.70. The summed E-state index contributed by atoms with van der Waals surface area (Å²) < 4.78 is 5.37. The Morgan fingerprint density at radius 2 is 2.33 bits per heavy atom. The summed E-state index contributed by atoms with van der Waals surface area (Å²) in [5, 5.41) is 8.02. The van der Waals surface area contributed by atoms with Gasteiger partial charge in [0.15, 0.2) is 5.82 Å². The van der Waals surface area contributed by atoms with E-state index in [4.69, 9.17) is 10.5 Å². The Morgan fingerprint density at radius 3 is 3.00 bits per heavy atom. The van der Waals surface area contributed by atoms with Crippen LogP contribution in [0.1, 0.15) is 6.92 Å². The lowest BCUT2D eigenvalue weighted by Crippen LogP contribution is -2.00. The Morgan fingerprint density at radius 1 is 1.47 bits per heavy atom. The van der Waals surface area contributed by atoms with Crippen molar-refractivity contribution in [2.45, 2.75) is 6.92 Å². The van der Waals surface area contributed by atoms with E-state index in [1.165, 1.54) is 11.0 Å². The molecule has 0 radical (unpaired) electrons. The van der Waals surface area contributed by atoms with Gasteiger partial charge >= 0.3 is 0 Å². The average Bonchev–Trinajstić information content (AvgIpc) is 2.66. The molecule has 5 heteroatoms. The monoisotopic (exact) mass is 204 g/mol. The van der Waals surface area contributed by atoms with Crippen molar-refractivity contribution in [2.24, 2.45) is 0 Å². The van der Waals surface area contributed by atoms with Gasteiger partial charge in [0.25, 0.3) is 0 Å². The molecule has 0 saturated heterocycles. The van der Waals surface area contributed by atoms with Gasteiger partial charge in [0.2, 0.25) is 0 Å². The van der Waals surface area contributed by atoms with Crippen LogP contribution in [-0.4, -0.2) is 21.6 Å². The topological polar surface area (TPSA) is 66.0 Å². The molecule has 15 heavy (non-hydrogen) atoms. The van der Waals surface area contributed by atoms with E-state index in [0.29, 0.717) is 12.4 Å². The van der Waals surface area contributed by atoms with Gasteiger partial charge in [0.05, 0.1) is 18.5 Å². The molecule has 2 aromatic rings. The molecule has 5 nitrogen and oxygen atoms in total. The predicted octanol–water partition coefficient (Wildman–Crippen LogP) is 1.25. The molecule has 0 amide bonds. The highest BCUT2D eigenvalue weighted by molar-refractivity contribution is 5.38. The molecule has 0 saturated carbocycles. The zero-order valence-electron chi connectivity index (χ0n) is 8.42. The molecule has 0 aliphatic heterocycles. The van der Waals surface area contributed by atoms with Crippen LogP contribution in [0.3, 0.4) is 0 Å². The quantitative estimate of drug-likeness (QED) is 0.817. The molecule has 78 valence electrons. The van der Waals surface area contributed by atoms with Crippen LogP contribution >= 0.6 is 0 Å². The van der Waals surface area contributed by atoms with Crippen LogP contribution in [0, 0.1) is 0 Å². The number of aromatic nitrogens is 3. The van der Waals surface area contributed by atoms with Crippen molar-refractivity contribution in [3.8, 4) is 11.4 Å². The van der Waals surface area contributed by atoms with E-state index in [2.05, 4.69) is 10.2 Å². The van der Waals surface area contributed by atoms with Crippen molar-refractivity contribution in [3.63, 3.8) is 0 Å². The van der Waals surface area contributed by atoms with E-state index in [1.807, 2.05) is 31.2 Å². The first-order chi connectivity index (χ1) is 7.29. The third kappa shape index (κ3) is 2.07. The molecule has 2 rings (SSSR count). The van der Waals surface area contributed by atoms with E-state index in [-0.39, 0.29) is 0 Å². The van der Waals surface area contributed by atoms with E-state index in [9.17, 15) is 0 Å². The normalized spacial score (nSPS) is 10.2. The van der Waals surface area contributed by atoms with Crippen LogP contribution < -0.4 is 10.5 Å². The smallest absolute Gasteiger partial charge is 0.166 e. The standard InChI is InChI=1S/C10H12N4O/c1-2-15-9-5-3-4-8(6-9)14-12-7-10(11)13-14/h3-7H,2H2,1H3,(H2,11,13). The highest BCUT2D eigenvalue weighted by atomic mass is 16.5. The Balaban J connectivity index is 2.32. The van der Waals surface area contributed by atoms with Crippen LogP contribution in [0.15, 0.2) is 30.5 Å². The zero-order chi connectivity index (χ0) is 10.7. The van der Waals surface area contributed by atoms with Crippen molar-refractivity contribution in [1.82, 2.24) is 15.0 Å².